The highest BCUT2D eigenvalue weighted by Crippen LogP contribution is 2.31. The molecule has 29 heavy (non-hydrogen) atoms. The van der Waals surface area contributed by atoms with Crippen LogP contribution < -0.4 is 0 Å². The van der Waals surface area contributed by atoms with E-state index in [2.05, 4.69) is 9.97 Å². The first-order chi connectivity index (χ1) is 14.2. The average molecular weight is 400 g/mol. The van der Waals surface area contributed by atoms with Crippen LogP contribution in [0.4, 0.5) is 0 Å². The smallest absolute Gasteiger partial charge is 0.222 e. The second kappa shape index (κ2) is 9.90. The maximum absolute atomic E-state index is 12.5. The van der Waals surface area contributed by atoms with Crippen LogP contribution in [-0.4, -0.2) is 39.6 Å². The van der Waals surface area contributed by atoms with Crippen molar-refractivity contribution < 1.29 is 9.59 Å². The minimum Gasteiger partial charge on any atom is -0.343 e. The fraction of sp³-hybridized carbons (Fsp3) is 0.792. The zero-order valence-corrected chi connectivity index (χ0v) is 17.8. The van der Waals surface area contributed by atoms with Gasteiger partial charge in [0.2, 0.25) is 5.91 Å². The highest BCUT2D eigenvalue weighted by atomic mass is 16.2. The lowest BCUT2D eigenvalue weighted by Gasteiger charge is -2.31. The van der Waals surface area contributed by atoms with Gasteiger partial charge in [-0.05, 0) is 37.5 Å². The number of H-pyrrole nitrogens is 1. The Morgan fingerprint density at radius 3 is 2.10 bits per heavy atom. The molecule has 2 aliphatic carbocycles. The standard InChI is InChI=1S/C24H37N3O2/c28-22(11-9-18-5-1-2-6-18)24-25-17-21(26-24)20-13-15-27(16-14-20)23(29)12-10-19-7-3-4-8-19/h17-20H,1-16H2,(H,25,26). The van der Waals surface area contributed by atoms with Gasteiger partial charge in [0.05, 0.1) is 5.69 Å². The number of aromatic nitrogens is 2. The van der Waals surface area contributed by atoms with Gasteiger partial charge in [0, 0.05) is 38.0 Å². The molecule has 160 valence electrons. The van der Waals surface area contributed by atoms with Gasteiger partial charge < -0.3 is 9.88 Å². The molecule has 0 bridgehead atoms. The molecule has 1 aliphatic heterocycles. The summed E-state index contributed by atoms with van der Waals surface area (Å²) in [6.45, 7) is 1.65. The molecule has 0 unspecified atom stereocenters. The number of likely N-dealkylation sites (tertiary alicyclic amines) is 1. The van der Waals surface area contributed by atoms with Gasteiger partial charge in [-0.25, -0.2) is 4.98 Å². The molecule has 3 aliphatic rings. The lowest BCUT2D eigenvalue weighted by Crippen LogP contribution is -2.38. The van der Waals surface area contributed by atoms with Gasteiger partial charge in [-0.1, -0.05) is 51.4 Å². The number of nitrogens with zero attached hydrogens (tertiary/aromatic N) is 2. The van der Waals surface area contributed by atoms with Crippen molar-refractivity contribution in [3.63, 3.8) is 0 Å². The molecule has 1 amide bonds. The normalized spacial score (nSPS) is 21.9. The first-order valence-corrected chi connectivity index (χ1v) is 12.1. The number of hydrogen-bond acceptors (Lipinski definition) is 3. The Hall–Kier alpha value is -1.65. The number of imidazole rings is 1. The summed E-state index contributed by atoms with van der Waals surface area (Å²) >= 11 is 0. The maximum Gasteiger partial charge on any atom is 0.222 e. The van der Waals surface area contributed by atoms with Gasteiger partial charge in [-0.2, -0.15) is 0 Å². The maximum atomic E-state index is 12.5. The Morgan fingerprint density at radius 2 is 1.48 bits per heavy atom. The second-order valence-electron chi connectivity index (χ2n) is 9.63. The van der Waals surface area contributed by atoms with Crippen LogP contribution in [0.5, 0.6) is 0 Å². The predicted octanol–water partition coefficient (Wildman–Crippen LogP) is 5.24. The number of ketones is 1. The van der Waals surface area contributed by atoms with E-state index in [9.17, 15) is 9.59 Å². The van der Waals surface area contributed by atoms with Crippen LogP contribution in [0.3, 0.4) is 0 Å². The first kappa shape index (κ1) is 20.6. The van der Waals surface area contributed by atoms with Crippen molar-refractivity contribution in [1.29, 1.82) is 0 Å². The van der Waals surface area contributed by atoms with Crippen LogP contribution in [0.15, 0.2) is 6.20 Å². The van der Waals surface area contributed by atoms with Crippen molar-refractivity contribution in [2.75, 3.05) is 13.1 Å². The Bertz CT molecular complexity index is 678. The largest absolute Gasteiger partial charge is 0.343 e. The number of carbonyl (C=O) groups excluding carboxylic acids is 2. The molecule has 1 aromatic heterocycles. The molecule has 0 aromatic carbocycles. The molecule has 1 aromatic rings. The zero-order valence-electron chi connectivity index (χ0n) is 17.8. The van der Waals surface area contributed by atoms with Crippen molar-refractivity contribution in [2.45, 2.75) is 95.8 Å². The Kier molecular flexibility index (Phi) is 7.04. The highest BCUT2D eigenvalue weighted by Gasteiger charge is 2.27. The number of Topliss-reactive ketones (excluding diaryl/α,β-unsaturated/α-hetero) is 1. The third kappa shape index (κ3) is 5.49. The van der Waals surface area contributed by atoms with Crippen molar-refractivity contribution >= 4 is 11.7 Å². The minimum atomic E-state index is 0.155. The molecule has 2 saturated carbocycles. The molecule has 5 heteroatoms. The SMILES string of the molecule is O=C(CCC1CCCC1)c1nc(C2CCN(C(=O)CCC3CCCC3)CC2)c[nH]1. The number of piperidine rings is 1. The van der Waals surface area contributed by atoms with E-state index in [0.29, 0.717) is 24.1 Å². The number of carbonyl (C=O) groups is 2. The molecule has 0 atom stereocenters. The van der Waals surface area contributed by atoms with Crippen LogP contribution in [0.25, 0.3) is 0 Å². The van der Waals surface area contributed by atoms with E-state index in [-0.39, 0.29) is 5.78 Å². The molecule has 3 fully saturated rings. The van der Waals surface area contributed by atoms with E-state index in [1.807, 2.05) is 11.1 Å². The minimum absolute atomic E-state index is 0.155. The number of rotatable bonds is 8. The lowest BCUT2D eigenvalue weighted by atomic mass is 9.93. The van der Waals surface area contributed by atoms with Crippen molar-refractivity contribution in [3.05, 3.63) is 17.7 Å². The van der Waals surface area contributed by atoms with E-state index in [0.717, 1.165) is 62.7 Å². The fourth-order valence-corrected chi connectivity index (χ4v) is 5.65. The summed E-state index contributed by atoms with van der Waals surface area (Å²) in [7, 11) is 0. The molecule has 4 rings (SSSR count). The van der Waals surface area contributed by atoms with Crippen LogP contribution in [0.2, 0.25) is 0 Å². The summed E-state index contributed by atoms with van der Waals surface area (Å²) in [5, 5.41) is 0. The number of amides is 1. The zero-order chi connectivity index (χ0) is 20.1. The molecule has 0 spiro atoms. The van der Waals surface area contributed by atoms with E-state index in [1.54, 1.807) is 0 Å². The highest BCUT2D eigenvalue weighted by molar-refractivity contribution is 5.92. The third-order valence-electron chi connectivity index (χ3n) is 7.62. The van der Waals surface area contributed by atoms with Crippen molar-refractivity contribution in [3.8, 4) is 0 Å². The van der Waals surface area contributed by atoms with Crippen molar-refractivity contribution in [2.24, 2.45) is 11.8 Å². The summed E-state index contributed by atoms with van der Waals surface area (Å²) in [6, 6.07) is 0. The van der Waals surface area contributed by atoms with Gasteiger partial charge in [0.1, 0.15) is 0 Å². The second-order valence-corrected chi connectivity index (χ2v) is 9.63. The summed E-state index contributed by atoms with van der Waals surface area (Å²) in [5.74, 6) is 2.91. The van der Waals surface area contributed by atoms with Gasteiger partial charge in [-0.15, -0.1) is 0 Å². The number of hydrogen-bond donors (Lipinski definition) is 1. The van der Waals surface area contributed by atoms with Crippen LogP contribution in [0.1, 0.15) is 112 Å². The van der Waals surface area contributed by atoms with Crippen molar-refractivity contribution in [1.82, 2.24) is 14.9 Å². The molecule has 0 radical (unpaired) electrons. The fourth-order valence-electron chi connectivity index (χ4n) is 5.65. The Morgan fingerprint density at radius 1 is 0.897 bits per heavy atom. The topological polar surface area (TPSA) is 66.1 Å². The predicted molar refractivity (Wildman–Crippen MR) is 114 cm³/mol. The van der Waals surface area contributed by atoms with E-state index >= 15 is 0 Å². The molecular weight excluding hydrogens is 362 g/mol. The van der Waals surface area contributed by atoms with E-state index in [4.69, 9.17) is 0 Å². The molecular formula is C24H37N3O2. The monoisotopic (exact) mass is 399 g/mol. The van der Waals surface area contributed by atoms with Crippen LogP contribution >= 0.6 is 0 Å². The lowest BCUT2D eigenvalue weighted by molar-refractivity contribution is -0.132. The quantitative estimate of drug-likeness (QED) is 0.608. The molecule has 2 heterocycles. The summed E-state index contributed by atoms with van der Waals surface area (Å²) in [5.41, 5.74) is 1.01. The number of aromatic amines is 1. The third-order valence-corrected chi connectivity index (χ3v) is 7.62. The summed E-state index contributed by atoms with van der Waals surface area (Å²) in [6.07, 6.45) is 17.8. The van der Waals surface area contributed by atoms with Gasteiger partial charge in [0.25, 0.3) is 0 Å². The first-order valence-electron chi connectivity index (χ1n) is 12.1. The Balaban J connectivity index is 1.20. The average Bonchev–Trinajstić information content (AvgIpc) is 3.52. The summed E-state index contributed by atoms with van der Waals surface area (Å²) < 4.78 is 0. The molecule has 1 N–H and O–H groups in total. The van der Waals surface area contributed by atoms with Gasteiger partial charge >= 0.3 is 0 Å². The van der Waals surface area contributed by atoms with Crippen LogP contribution in [-0.2, 0) is 4.79 Å². The van der Waals surface area contributed by atoms with Gasteiger partial charge in [-0.3, -0.25) is 9.59 Å². The number of nitrogens with one attached hydrogen (secondary N) is 1. The van der Waals surface area contributed by atoms with Gasteiger partial charge in [0.15, 0.2) is 11.6 Å². The summed E-state index contributed by atoms with van der Waals surface area (Å²) in [4.78, 5) is 34.8. The van der Waals surface area contributed by atoms with E-state index < -0.39 is 0 Å². The molecule has 1 saturated heterocycles. The molecule has 5 nitrogen and oxygen atoms in total. The van der Waals surface area contributed by atoms with E-state index in [1.165, 1.54) is 51.4 Å². The Labute approximate surface area is 175 Å². The van der Waals surface area contributed by atoms with Crippen LogP contribution in [0, 0.1) is 11.8 Å².